The Kier molecular flexibility index (Phi) is 5.21. The Bertz CT molecular complexity index is 630. The number of likely N-dealkylation sites (N-methyl/N-ethyl adjacent to an activating group) is 1. The van der Waals surface area contributed by atoms with Crippen LogP contribution in [0.5, 0.6) is 0 Å². The number of nitrogens with zero attached hydrogens (tertiary/aromatic N) is 5. The molecule has 0 saturated heterocycles. The van der Waals surface area contributed by atoms with Crippen LogP contribution in [-0.2, 0) is 24.4 Å². The van der Waals surface area contributed by atoms with Gasteiger partial charge in [0, 0.05) is 26.0 Å². The molecular weight excluding hydrogens is 402 g/mol. The van der Waals surface area contributed by atoms with E-state index in [0.29, 0.717) is 6.54 Å². The first-order valence-electron chi connectivity index (χ1n) is 6.56. The highest BCUT2D eigenvalue weighted by Crippen LogP contribution is 2.17. The van der Waals surface area contributed by atoms with Crippen LogP contribution < -0.4 is 0 Å². The molecule has 0 atom stereocenters. The third-order valence-electron chi connectivity index (χ3n) is 3.11. The van der Waals surface area contributed by atoms with E-state index in [2.05, 4.69) is 42.1 Å². The first-order valence-corrected chi connectivity index (χ1v) is 8.14. The van der Waals surface area contributed by atoms with E-state index in [-0.39, 0.29) is 12.5 Å². The third-order valence-corrected chi connectivity index (χ3v) is 4.55. The van der Waals surface area contributed by atoms with Crippen LogP contribution in [0.4, 0.5) is 0 Å². The summed E-state index contributed by atoms with van der Waals surface area (Å²) in [6.07, 6.45) is 3.73. The van der Waals surface area contributed by atoms with Gasteiger partial charge in [0.05, 0.1) is 26.9 Å². The number of rotatable bonds is 5. The van der Waals surface area contributed by atoms with Crippen molar-refractivity contribution in [1.29, 1.82) is 0 Å². The summed E-state index contributed by atoms with van der Waals surface area (Å²) in [6.45, 7) is 5.40. The van der Waals surface area contributed by atoms with E-state index in [1.54, 1.807) is 16.6 Å². The van der Waals surface area contributed by atoms with E-state index in [1.807, 2.05) is 30.9 Å². The van der Waals surface area contributed by atoms with E-state index < -0.39 is 0 Å². The topological polar surface area (TPSA) is 56.0 Å². The summed E-state index contributed by atoms with van der Waals surface area (Å²) in [6, 6.07) is 0. The average molecular weight is 419 g/mol. The van der Waals surface area contributed by atoms with Gasteiger partial charge in [-0.3, -0.25) is 14.2 Å². The number of carbonyl (C=O) groups excluding carboxylic acids is 1. The second kappa shape index (κ2) is 6.74. The molecule has 0 aromatic carbocycles. The zero-order valence-corrected chi connectivity index (χ0v) is 15.3. The Morgan fingerprint density at radius 2 is 1.90 bits per heavy atom. The molecule has 2 aromatic rings. The zero-order valence-electron chi connectivity index (χ0n) is 12.2. The maximum absolute atomic E-state index is 12.2. The van der Waals surface area contributed by atoms with Crippen molar-refractivity contribution in [1.82, 2.24) is 24.5 Å². The lowest BCUT2D eigenvalue weighted by atomic mass is 10.4. The first-order chi connectivity index (χ1) is 9.90. The van der Waals surface area contributed by atoms with Gasteiger partial charge in [-0.15, -0.1) is 0 Å². The number of aromatic nitrogens is 4. The normalized spacial score (nSPS) is 10.9. The van der Waals surface area contributed by atoms with Crippen LogP contribution in [0.25, 0.3) is 0 Å². The Morgan fingerprint density at radius 1 is 1.24 bits per heavy atom. The fraction of sp³-hybridized carbons (Fsp3) is 0.462. The highest BCUT2D eigenvalue weighted by atomic mass is 79.9. The van der Waals surface area contributed by atoms with Crippen LogP contribution in [0.2, 0.25) is 0 Å². The molecular formula is C13H17Br2N5O. The number of hydrogen-bond donors (Lipinski definition) is 0. The van der Waals surface area contributed by atoms with Crippen molar-refractivity contribution < 1.29 is 4.79 Å². The average Bonchev–Trinajstić information content (AvgIpc) is 2.93. The second-order valence-electron chi connectivity index (χ2n) is 4.79. The number of amides is 1. The summed E-state index contributed by atoms with van der Waals surface area (Å²) in [7, 11) is 1.77. The molecule has 2 rings (SSSR count). The molecule has 2 aromatic heterocycles. The second-order valence-corrected chi connectivity index (χ2v) is 6.50. The van der Waals surface area contributed by atoms with Gasteiger partial charge in [0.25, 0.3) is 0 Å². The van der Waals surface area contributed by atoms with Gasteiger partial charge in [-0.1, -0.05) is 0 Å². The molecule has 6 nitrogen and oxygen atoms in total. The van der Waals surface area contributed by atoms with Crippen LogP contribution in [0.1, 0.15) is 18.3 Å². The van der Waals surface area contributed by atoms with Crippen molar-refractivity contribution in [2.24, 2.45) is 0 Å². The van der Waals surface area contributed by atoms with Gasteiger partial charge in [-0.25, -0.2) is 0 Å². The Balaban J connectivity index is 2.00. The smallest absolute Gasteiger partial charge is 0.244 e. The molecule has 0 bridgehead atoms. The van der Waals surface area contributed by atoms with Gasteiger partial charge in [-0.05, 0) is 45.7 Å². The van der Waals surface area contributed by atoms with E-state index >= 15 is 0 Å². The van der Waals surface area contributed by atoms with E-state index in [0.717, 1.165) is 26.9 Å². The van der Waals surface area contributed by atoms with Crippen LogP contribution in [0, 0.1) is 6.92 Å². The van der Waals surface area contributed by atoms with Gasteiger partial charge < -0.3 is 4.90 Å². The molecule has 0 aliphatic carbocycles. The first kappa shape index (κ1) is 16.2. The minimum absolute atomic E-state index is 0.0112. The summed E-state index contributed by atoms with van der Waals surface area (Å²) >= 11 is 6.86. The summed E-state index contributed by atoms with van der Waals surface area (Å²) in [4.78, 5) is 13.9. The minimum Gasteiger partial charge on any atom is -0.338 e. The summed E-state index contributed by atoms with van der Waals surface area (Å²) < 4.78 is 5.30. The monoisotopic (exact) mass is 417 g/mol. The largest absolute Gasteiger partial charge is 0.338 e. The van der Waals surface area contributed by atoms with Crippen LogP contribution in [-0.4, -0.2) is 37.4 Å². The molecule has 0 N–H and O–H groups in total. The van der Waals surface area contributed by atoms with E-state index in [9.17, 15) is 4.79 Å². The fourth-order valence-corrected chi connectivity index (χ4v) is 2.61. The molecule has 21 heavy (non-hydrogen) atoms. The maximum atomic E-state index is 12.2. The van der Waals surface area contributed by atoms with Gasteiger partial charge >= 0.3 is 0 Å². The SMILES string of the molecule is CCn1cc(Br)c(CN(C)C(=O)Cn2cc(Br)c(C)n2)n1. The van der Waals surface area contributed by atoms with Crippen molar-refractivity contribution in [2.75, 3.05) is 7.05 Å². The number of hydrogen-bond acceptors (Lipinski definition) is 3. The highest BCUT2D eigenvalue weighted by Gasteiger charge is 2.15. The molecule has 0 saturated carbocycles. The van der Waals surface area contributed by atoms with E-state index in [4.69, 9.17) is 0 Å². The van der Waals surface area contributed by atoms with Crippen LogP contribution in [0.15, 0.2) is 21.3 Å². The summed E-state index contributed by atoms with van der Waals surface area (Å²) in [5.74, 6) is -0.0112. The Hall–Kier alpha value is -1.15. The molecule has 0 radical (unpaired) electrons. The maximum Gasteiger partial charge on any atom is 0.244 e. The molecule has 1 amide bonds. The number of carbonyl (C=O) groups is 1. The van der Waals surface area contributed by atoms with Gasteiger partial charge in [-0.2, -0.15) is 10.2 Å². The number of aryl methyl sites for hydroxylation is 2. The van der Waals surface area contributed by atoms with Crippen LogP contribution >= 0.6 is 31.9 Å². The summed E-state index contributed by atoms with van der Waals surface area (Å²) in [5.41, 5.74) is 1.72. The summed E-state index contributed by atoms with van der Waals surface area (Å²) in [5, 5.41) is 8.69. The highest BCUT2D eigenvalue weighted by molar-refractivity contribution is 9.10. The lowest BCUT2D eigenvalue weighted by molar-refractivity contribution is -0.131. The van der Waals surface area contributed by atoms with Gasteiger partial charge in [0.2, 0.25) is 5.91 Å². The van der Waals surface area contributed by atoms with Gasteiger partial charge in [0.1, 0.15) is 6.54 Å². The molecule has 8 heteroatoms. The molecule has 2 heterocycles. The lowest BCUT2D eigenvalue weighted by Gasteiger charge is -2.16. The molecule has 0 fully saturated rings. The Labute approximate surface area is 140 Å². The van der Waals surface area contributed by atoms with Crippen LogP contribution in [0.3, 0.4) is 0 Å². The molecule has 0 unspecified atom stereocenters. The minimum atomic E-state index is -0.0112. The fourth-order valence-electron chi connectivity index (χ4n) is 1.85. The van der Waals surface area contributed by atoms with Crippen molar-refractivity contribution in [3.63, 3.8) is 0 Å². The lowest BCUT2D eigenvalue weighted by Crippen LogP contribution is -2.30. The van der Waals surface area contributed by atoms with Crippen molar-refractivity contribution >= 4 is 37.8 Å². The molecule has 0 aliphatic heterocycles. The van der Waals surface area contributed by atoms with Crippen molar-refractivity contribution in [2.45, 2.75) is 33.5 Å². The van der Waals surface area contributed by atoms with Crippen molar-refractivity contribution in [3.8, 4) is 0 Å². The third kappa shape index (κ3) is 3.94. The Morgan fingerprint density at radius 3 is 2.43 bits per heavy atom. The quantitative estimate of drug-likeness (QED) is 0.749. The molecule has 114 valence electrons. The predicted octanol–water partition coefficient (Wildman–Crippen LogP) is 2.59. The van der Waals surface area contributed by atoms with Gasteiger partial charge in [0.15, 0.2) is 0 Å². The van der Waals surface area contributed by atoms with E-state index in [1.165, 1.54) is 0 Å². The molecule has 0 spiro atoms. The van der Waals surface area contributed by atoms with Crippen molar-refractivity contribution in [3.05, 3.63) is 32.7 Å². The predicted molar refractivity (Wildman–Crippen MR) is 86.7 cm³/mol. The molecule has 0 aliphatic rings. The zero-order chi connectivity index (χ0) is 15.6. The standard InChI is InChI=1S/C13H17Br2N5O/c1-4-19-6-11(15)12(17-19)7-18(3)13(21)8-20-5-10(14)9(2)16-20/h5-6H,4,7-8H2,1-3H3. The number of halogens is 2.